The van der Waals surface area contributed by atoms with Crippen LogP contribution in [-0.4, -0.2) is 0 Å². The Morgan fingerprint density at radius 2 is 0.607 bits per heavy atom. The van der Waals surface area contributed by atoms with Gasteiger partial charge < -0.3 is 9.47 Å². The molecule has 5 rings (SSSR count). The minimum atomic E-state index is 0.814. The molecule has 0 bridgehead atoms. The Morgan fingerprint density at radius 3 is 0.929 bits per heavy atom. The van der Waals surface area contributed by atoms with Crippen molar-refractivity contribution in [1.82, 2.24) is 0 Å². The Morgan fingerprint density at radius 1 is 0.321 bits per heavy atom. The second-order valence-corrected chi connectivity index (χ2v) is 6.58. The van der Waals surface area contributed by atoms with Gasteiger partial charge in [0.25, 0.3) is 0 Å². The monoisotopic (exact) mass is 362 g/mol. The minimum Gasteiger partial charge on any atom is -0.456 e. The summed E-state index contributed by atoms with van der Waals surface area (Å²) in [4.78, 5) is 0. The second kappa shape index (κ2) is 7.09. The Kier molecular flexibility index (Phi) is 4.15. The van der Waals surface area contributed by atoms with Crippen molar-refractivity contribution < 1.29 is 9.47 Å². The molecule has 0 aliphatic rings. The zero-order valence-electron chi connectivity index (χ0n) is 15.2. The average Bonchev–Trinajstić information content (AvgIpc) is 2.77. The molecule has 0 spiro atoms. The third kappa shape index (κ3) is 2.95. The lowest BCUT2D eigenvalue weighted by molar-refractivity contribution is 0.486. The second-order valence-electron chi connectivity index (χ2n) is 6.58. The van der Waals surface area contributed by atoms with E-state index in [0.29, 0.717) is 0 Å². The largest absolute Gasteiger partial charge is 0.456 e. The standard InChI is InChI=1S/C26H18O2/c1-3-11-19(12-4-1)27-25-21-15-7-9-17-23(21)26(24-18-10-8-16-22(24)25)28-20-13-5-2-6-14-20/h1-18H. The first-order valence-corrected chi connectivity index (χ1v) is 9.29. The third-order valence-electron chi connectivity index (χ3n) is 4.76. The summed E-state index contributed by atoms with van der Waals surface area (Å²) in [6.07, 6.45) is 0. The molecule has 2 nitrogen and oxygen atoms in total. The van der Waals surface area contributed by atoms with Crippen molar-refractivity contribution in [1.29, 1.82) is 0 Å². The van der Waals surface area contributed by atoms with Gasteiger partial charge in [-0.1, -0.05) is 84.9 Å². The Bertz CT molecular complexity index is 1090. The first-order valence-electron chi connectivity index (χ1n) is 9.29. The van der Waals surface area contributed by atoms with Gasteiger partial charge in [-0.3, -0.25) is 0 Å². The van der Waals surface area contributed by atoms with Crippen LogP contribution in [0.25, 0.3) is 21.5 Å². The SMILES string of the molecule is c1ccc(Oc2c3ccccc3c(Oc3ccccc3)c3ccccc23)cc1. The molecule has 2 heteroatoms. The molecule has 0 unspecified atom stereocenters. The fraction of sp³-hybridized carbons (Fsp3) is 0. The first-order chi connectivity index (χ1) is 13.9. The van der Waals surface area contributed by atoms with Crippen molar-refractivity contribution in [3.8, 4) is 23.0 Å². The number of rotatable bonds is 4. The van der Waals surface area contributed by atoms with Crippen LogP contribution in [0.5, 0.6) is 23.0 Å². The number of hydrogen-bond donors (Lipinski definition) is 0. The smallest absolute Gasteiger partial charge is 0.143 e. The molecule has 134 valence electrons. The predicted octanol–water partition coefficient (Wildman–Crippen LogP) is 7.58. The van der Waals surface area contributed by atoms with Crippen LogP contribution in [0.15, 0.2) is 109 Å². The van der Waals surface area contributed by atoms with Crippen LogP contribution in [-0.2, 0) is 0 Å². The highest BCUT2D eigenvalue weighted by Crippen LogP contribution is 2.45. The number of benzene rings is 5. The molecule has 0 fully saturated rings. The Labute approximate surface area is 163 Å². The maximum atomic E-state index is 6.35. The number of hydrogen-bond acceptors (Lipinski definition) is 2. The van der Waals surface area contributed by atoms with Crippen LogP contribution < -0.4 is 9.47 Å². The van der Waals surface area contributed by atoms with E-state index in [2.05, 4.69) is 24.3 Å². The zero-order valence-corrected chi connectivity index (χ0v) is 15.2. The number of fused-ring (bicyclic) bond motifs is 2. The summed E-state index contributed by atoms with van der Waals surface area (Å²) >= 11 is 0. The van der Waals surface area contributed by atoms with Gasteiger partial charge in [0, 0.05) is 21.5 Å². The summed E-state index contributed by atoms with van der Waals surface area (Å²) in [7, 11) is 0. The first kappa shape index (κ1) is 16.4. The molecule has 5 aromatic rings. The van der Waals surface area contributed by atoms with Crippen molar-refractivity contribution in [2.75, 3.05) is 0 Å². The Hall–Kier alpha value is -3.78. The molecule has 28 heavy (non-hydrogen) atoms. The fourth-order valence-electron chi connectivity index (χ4n) is 3.48. The van der Waals surface area contributed by atoms with Crippen molar-refractivity contribution in [2.45, 2.75) is 0 Å². The minimum absolute atomic E-state index is 0.814. The molecule has 0 saturated carbocycles. The molecular formula is C26H18O2. The number of ether oxygens (including phenoxy) is 2. The molecule has 0 N–H and O–H groups in total. The van der Waals surface area contributed by atoms with Gasteiger partial charge in [-0.25, -0.2) is 0 Å². The number of para-hydroxylation sites is 2. The van der Waals surface area contributed by atoms with Crippen LogP contribution in [0.3, 0.4) is 0 Å². The molecule has 0 aromatic heterocycles. The van der Waals surface area contributed by atoms with Crippen LogP contribution in [0, 0.1) is 0 Å². The van der Waals surface area contributed by atoms with E-state index in [1.165, 1.54) is 0 Å². The van der Waals surface area contributed by atoms with Gasteiger partial charge in [-0.15, -0.1) is 0 Å². The molecule has 5 aromatic carbocycles. The highest BCUT2D eigenvalue weighted by Gasteiger charge is 2.16. The van der Waals surface area contributed by atoms with E-state index in [1.54, 1.807) is 0 Å². The molecule has 0 radical (unpaired) electrons. The molecule has 0 atom stereocenters. The van der Waals surface area contributed by atoms with Crippen molar-refractivity contribution in [3.63, 3.8) is 0 Å². The summed E-state index contributed by atoms with van der Waals surface area (Å²) in [5.41, 5.74) is 0. The fourth-order valence-corrected chi connectivity index (χ4v) is 3.48. The quantitative estimate of drug-likeness (QED) is 0.307. The summed E-state index contributed by atoms with van der Waals surface area (Å²) in [5.74, 6) is 3.32. The topological polar surface area (TPSA) is 18.5 Å². The highest BCUT2D eigenvalue weighted by molar-refractivity contribution is 6.11. The lowest BCUT2D eigenvalue weighted by Crippen LogP contribution is -1.93. The lowest BCUT2D eigenvalue weighted by atomic mass is 10.0. The summed E-state index contributed by atoms with van der Waals surface area (Å²) in [6.45, 7) is 0. The van der Waals surface area contributed by atoms with E-state index in [-0.39, 0.29) is 0 Å². The van der Waals surface area contributed by atoms with Gasteiger partial charge in [-0.2, -0.15) is 0 Å². The summed E-state index contributed by atoms with van der Waals surface area (Å²) in [5, 5.41) is 4.10. The van der Waals surface area contributed by atoms with Gasteiger partial charge in [0.15, 0.2) is 0 Å². The van der Waals surface area contributed by atoms with E-state index >= 15 is 0 Å². The molecular weight excluding hydrogens is 344 g/mol. The third-order valence-corrected chi connectivity index (χ3v) is 4.76. The van der Waals surface area contributed by atoms with E-state index < -0.39 is 0 Å². The zero-order chi connectivity index (χ0) is 18.8. The van der Waals surface area contributed by atoms with E-state index in [1.807, 2.05) is 84.9 Å². The van der Waals surface area contributed by atoms with E-state index in [4.69, 9.17) is 9.47 Å². The lowest BCUT2D eigenvalue weighted by Gasteiger charge is -2.17. The van der Waals surface area contributed by atoms with Crippen molar-refractivity contribution in [3.05, 3.63) is 109 Å². The normalized spacial score (nSPS) is 10.9. The maximum Gasteiger partial charge on any atom is 0.143 e. The van der Waals surface area contributed by atoms with Crippen LogP contribution in [0.2, 0.25) is 0 Å². The average molecular weight is 362 g/mol. The van der Waals surface area contributed by atoms with Gasteiger partial charge in [-0.05, 0) is 24.3 Å². The van der Waals surface area contributed by atoms with Gasteiger partial charge >= 0.3 is 0 Å². The molecule has 0 saturated heterocycles. The highest BCUT2D eigenvalue weighted by atomic mass is 16.5. The van der Waals surface area contributed by atoms with Gasteiger partial charge in [0.05, 0.1) is 0 Å². The van der Waals surface area contributed by atoms with Gasteiger partial charge in [0.1, 0.15) is 23.0 Å². The van der Waals surface area contributed by atoms with E-state index in [9.17, 15) is 0 Å². The van der Waals surface area contributed by atoms with E-state index in [0.717, 1.165) is 44.5 Å². The van der Waals surface area contributed by atoms with Crippen LogP contribution >= 0.6 is 0 Å². The van der Waals surface area contributed by atoms with Gasteiger partial charge in [0.2, 0.25) is 0 Å². The summed E-state index contributed by atoms with van der Waals surface area (Å²) in [6, 6.07) is 36.2. The van der Waals surface area contributed by atoms with Crippen LogP contribution in [0.1, 0.15) is 0 Å². The van der Waals surface area contributed by atoms with Crippen LogP contribution in [0.4, 0.5) is 0 Å². The Balaban J connectivity index is 1.78. The molecule has 0 aliphatic heterocycles. The van der Waals surface area contributed by atoms with Crippen molar-refractivity contribution >= 4 is 21.5 Å². The maximum absolute atomic E-state index is 6.35. The summed E-state index contributed by atoms with van der Waals surface area (Å²) < 4.78 is 12.7. The molecule has 0 heterocycles. The van der Waals surface area contributed by atoms with Crippen molar-refractivity contribution in [2.24, 2.45) is 0 Å². The predicted molar refractivity (Wildman–Crippen MR) is 114 cm³/mol. The molecule has 0 aliphatic carbocycles. The molecule has 0 amide bonds.